The normalized spacial score (nSPS) is 14.5. The monoisotopic (exact) mass is 567 g/mol. The molecular weight excluding hydrogens is 534 g/mol. The number of halogens is 1. The Kier molecular flexibility index (Phi) is 9.30. The van der Waals surface area contributed by atoms with Gasteiger partial charge in [-0.1, -0.05) is 72.5 Å². The van der Waals surface area contributed by atoms with Crippen molar-refractivity contribution in [1.29, 1.82) is 0 Å². The fraction of sp³-hybridized carbons (Fsp3) is 0.333. The highest BCUT2D eigenvalue weighted by Crippen LogP contribution is 2.25. The molecular formula is C30H34ClN3O4S. The number of benzene rings is 3. The van der Waals surface area contributed by atoms with Gasteiger partial charge < -0.3 is 10.2 Å². The van der Waals surface area contributed by atoms with Crippen molar-refractivity contribution >= 4 is 39.1 Å². The Morgan fingerprint density at radius 3 is 2.28 bits per heavy atom. The lowest BCUT2D eigenvalue weighted by molar-refractivity contribution is -0.139. The molecule has 2 amide bonds. The van der Waals surface area contributed by atoms with Crippen LogP contribution in [0.15, 0.2) is 83.8 Å². The summed E-state index contributed by atoms with van der Waals surface area (Å²) in [5, 5.41) is 3.58. The average Bonchev–Trinajstić information content (AvgIpc) is 3.44. The number of rotatable bonds is 10. The number of aryl methyl sites for hydroxylation is 1. The van der Waals surface area contributed by atoms with E-state index in [0.717, 1.165) is 41.1 Å². The van der Waals surface area contributed by atoms with Crippen LogP contribution in [0, 0.1) is 6.92 Å². The number of carbonyl (C=O) groups excluding carboxylic acids is 2. The molecule has 1 saturated carbocycles. The van der Waals surface area contributed by atoms with Crippen molar-refractivity contribution in [3.8, 4) is 0 Å². The van der Waals surface area contributed by atoms with Gasteiger partial charge in [0.1, 0.15) is 12.6 Å². The van der Waals surface area contributed by atoms with E-state index in [4.69, 9.17) is 11.6 Å². The van der Waals surface area contributed by atoms with Gasteiger partial charge in [0.25, 0.3) is 10.0 Å². The van der Waals surface area contributed by atoms with Gasteiger partial charge in [-0.25, -0.2) is 8.42 Å². The Morgan fingerprint density at radius 2 is 1.64 bits per heavy atom. The van der Waals surface area contributed by atoms with E-state index in [1.807, 2.05) is 13.0 Å². The molecule has 7 nitrogen and oxygen atoms in total. The summed E-state index contributed by atoms with van der Waals surface area (Å²) in [5.41, 5.74) is 2.06. The van der Waals surface area contributed by atoms with Gasteiger partial charge in [0, 0.05) is 17.6 Å². The highest BCUT2D eigenvalue weighted by molar-refractivity contribution is 7.92. The number of hydrogen-bond donors (Lipinski definition) is 1. The summed E-state index contributed by atoms with van der Waals surface area (Å²) >= 11 is 6.20. The Morgan fingerprint density at radius 1 is 0.974 bits per heavy atom. The van der Waals surface area contributed by atoms with E-state index in [1.54, 1.807) is 67.6 Å². The molecule has 9 heteroatoms. The molecule has 0 saturated heterocycles. The van der Waals surface area contributed by atoms with Gasteiger partial charge in [0.2, 0.25) is 11.8 Å². The minimum atomic E-state index is -4.08. The fourth-order valence-electron chi connectivity index (χ4n) is 4.77. The Bertz CT molecular complexity index is 1390. The summed E-state index contributed by atoms with van der Waals surface area (Å²) in [6.07, 6.45) is 3.95. The fourth-order valence-corrected chi connectivity index (χ4v) is 6.41. The van der Waals surface area contributed by atoms with Crippen LogP contribution >= 0.6 is 11.6 Å². The zero-order valence-corrected chi connectivity index (χ0v) is 23.8. The van der Waals surface area contributed by atoms with E-state index >= 15 is 0 Å². The average molecular weight is 568 g/mol. The SMILES string of the molecule is Cc1ccc(N(CC(=O)N(Cc2cccc(Cl)c2)C(C)C(=O)NC2CCCC2)S(=O)(=O)c2ccccc2)cc1. The maximum absolute atomic E-state index is 14.0. The van der Waals surface area contributed by atoms with Crippen molar-refractivity contribution in [2.24, 2.45) is 0 Å². The third-order valence-electron chi connectivity index (χ3n) is 7.04. The van der Waals surface area contributed by atoms with Gasteiger partial charge in [0.05, 0.1) is 10.6 Å². The Balaban J connectivity index is 1.67. The van der Waals surface area contributed by atoms with E-state index in [1.165, 1.54) is 17.0 Å². The van der Waals surface area contributed by atoms with Crippen LogP contribution in [-0.4, -0.2) is 43.8 Å². The van der Waals surface area contributed by atoms with Crippen LogP contribution in [0.4, 0.5) is 5.69 Å². The molecule has 1 fully saturated rings. The van der Waals surface area contributed by atoms with Crippen LogP contribution in [0.3, 0.4) is 0 Å². The van der Waals surface area contributed by atoms with Crippen molar-refractivity contribution in [3.05, 3.63) is 95.0 Å². The van der Waals surface area contributed by atoms with Gasteiger partial charge in [-0.2, -0.15) is 0 Å². The minimum Gasteiger partial charge on any atom is -0.352 e. The second-order valence-electron chi connectivity index (χ2n) is 9.98. The van der Waals surface area contributed by atoms with Gasteiger partial charge in [0.15, 0.2) is 0 Å². The molecule has 0 spiro atoms. The largest absolute Gasteiger partial charge is 0.352 e. The Labute approximate surface area is 235 Å². The molecule has 4 rings (SSSR count). The van der Waals surface area contributed by atoms with E-state index in [9.17, 15) is 18.0 Å². The van der Waals surface area contributed by atoms with Crippen LogP contribution in [0.1, 0.15) is 43.7 Å². The molecule has 206 valence electrons. The van der Waals surface area contributed by atoms with Crippen molar-refractivity contribution in [1.82, 2.24) is 10.2 Å². The minimum absolute atomic E-state index is 0.0757. The lowest BCUT2D eigenvalue weighted by Crippen LogP contribution is -2.52. The predicted octanol–water partition coefficient (Wildman–Crippen LogP) is 5.32. The molecule has 1 aliphatic rings. The maximum atomic E-state index is 14.0. The van der Waals surface area contributed by atoms with E-state index in [2.05, 4.69) is 5.32 Å². The number of hydrogen-bond acceptors (Lipinski definition) is 4. The van der Waals surface area contributed by atoms with Gasteiger partial charge in [-0.05, 0) is 68.7 Å². The molecule has 1 aliphatic carbocycles. The summed E-state index contributed by atoms with van der Waals surface area (Å²) in [6.45, 7) is 3.21. The van der Waals surface area contributed by atoms with Gasteiger partial charge in [-0.15, -0.1) is 0 Å². The molecule has 0 aliphatic heterocycles. The molecule has 0 radical (unpaired) electrons. The van der Waals surface area contributed by atoms with E-state index in [-0.39, 0.29) is 23.4 Å². The lowest BCUT2D eigenvalue weighted by atomic mass is 10.1. The molecule has 0 bridgehead atoms. The number of anilines is 1. The highest BCUT2D eigenvalue weighted by Gasteiger charge is 2.33. The molecule has 1 N–H and O–H groups in total. The number of sulfonamides is 1. The molecule has 39 heavy (non-hydrogen) atoms. The van der Waals surface area contributed by atoms with Crippen molar-refractivity contribution in [2.75, 3.05) is 10.8 Å². The van der Waals surface area contributed by atoms with Gasteiger partial charge >= 0.3 is 0 Å². The third kappa shape index (κ3) is 7.19. The van der Waals surface area contributed by atoms with Crippen LogP contribution < -0.4 is 9.62 Å². The van der Waals surface area contributed by atoms with E-state index in [0.29, 0.717) is 10.7 Å². The summed E-state index contributed by atoms with van der Waals surface area (Å²) in [5.74, 6) is -0.755. The topological polar surface area (TPSA) is 86.8 Å². The molecule has 3 aromatic carbocycles. The Hall–Kier alpha value is -3.36. The van der Waals surface area contributed by atoms with E-state index < -0.39 is 28.5 Å². The first-order valence-corrected chi connectivity index (χ1v) is 15.0. The summed E-state index contributed by atoms with van der Waals surface area (Å²) in [6, 6.07) is 21.3. The zero-order chi connectivity index (χ0) is 28.0. The van der Waals surface area contributed by atoms with Crippen LogP contribution in [-0.2, 0) is 26.2 Å². The lowest BCUT2D eigenvalue weighted by Gasteiger charge is -2.32. The number of nitrogens with zero attached hydrogens (tertiary/aromatic N) is 2. The number of carbonyl (C=O) groups is 2. The second-order valence-corrected chi connectivity index (χ2v) is 12.3. The first-order chi connectivity index (χ1) is 18.6. The van der Waals surface area contributed by atoms with Crippen molar-refractivity contribution in [2.45, 2.75) is 63.1 Å². The highest BCUT2D eigenvalue weighted by atomic mass is 35.5. The molecule has 1 atom stereocenters. The maximum Gasteiger partial charge on any atom is 0.264 e. The summed E-state index contributed by atoms with van der Waals surface area (Å²) in [7, 11) is -4.08. The predicted molar refractivity (Wildman–Crippen MR) is 154 cm³/mol. The van der Waals surface area contributed by atoms with Crippen LogP contribution in [0.2, 0.25) is 5.02 Å². The molecule has 3 aromatic rings. The third-order valence-corrected chi connectivity index (χ3v) is 9.07. The molecule has 0 heterocycles. The summed E-state index contributed by atoms with van der Waals surface area (Å²) in [4.78, 5) is 28.7. The summed E-state index contributed by atoms with van der Waals surface area (Å²) < 4.78 is 28.7. The van der Waals surface area contributed by atoms with Crippen molar-refractivity contribution < 1.29 is 18.0 Å². The standard InChI is InChI=1S/C30H34ClN3O4S/c1-22-15-17-27(18-16-22)34(39(37,38)28-13-4-3-5-14-28)21-29(35)33(20-24-9-8-10-25(31)19-24)23(2)30(36)32-26-11-6-7-12-26/h3-5,8-10,13-19,23,26H,6-7,11-12,20-21H2,1-2H3,(H,32,36). The van der Waals surface area contributed by atoms with Crippen LogP contribution in [0.5, 0.6) is 0 Å². The molecule has 1 unspecified atom stereocenters. The number of nitrogens with one attached hydrogen (secondary N) is 1. The first kappa shape index (κ1) is 28.6. The smallest absolute Gasteiger partial charge is 0.264 e. The first-order valence-electron chi connectivity index (χ1n) is 13.1. The second kappa shape index (κ2) is 12.7. The zero-order valence-electron chi connectivity index (χ0n) is 22.2. The van der Waals surface area contributed by atoms with Crippen LogP contribution in [0.25, 0.3) is 0 Å². The molecule has 0 aromatic heterocycles. The number of amides is 2. The van der Waals surface area contributed by atoms with Crippen molar-refractivity contribution in [3.63, 3.8) is 0 Å². The quantitative estimate of drug-likeness (QED) is 0.359. The van der Waals surface area contributed by atoms with Gasteiger partial charge in [-0.3, -0.25) is 13.9 Å².